The minimum Gasteiger partial charge on any atom is -0.311 e. The van der Waals surface area contributed by atoms with Gasteiger partial charge in [0.2, 0.25) is 0 Å². The molecule has 2 nitrogen and oxygen atoms in total. The predicted octanol–water partition coefficient (Wildman–Crippen LogP) is 12.2. The zero-order chi connectivity index (χ0) is 31.4. The van der Waals surface area contributed by atoms with Gasteiger partial charge in [0.25, 0.3) is 0 Å². The van der Waals surface area contributed by atoms with E-state index in [-0.39, 0.29) is 0 Å². The van der Waals surface area contributed by atoms with Gasteiger partial charge in [-0.15, -0.1) is 0 Å². The summed E-state index contributed by atoms with van der Waals surface area (Å²) in [4.78, 5) is 7.48. The molecular formula is C45H34N2. The molecular weight excluding hydrogens is 569 g/mol. The first kappa shape index (κ1) is 28.5. The number of anilines is 3. The van der Waals surface area contributed by atoms with Crippen molar-refractivity contribution in [2.75, 3.05) is 4.90 Å². The highest BCUT2D eigenvalue weighted by Crippen LogP contribution is 2.39. The van der Waals surface area contributed by atoms with Gasteiger partial charge < -0.3 is 4.90 Å². The minimum absolute atomic E-state index is 0.435. The number of hydrogen-bond donors (Lipinski definition) is 0. The Morgan fingerprint density at radius 3 is 1.74 bits per heavy atom. The van der Waals surface area contributed by atoms with Gasteiger partial charge in [-0.3, -0.25) is 0 Å². The van der Waals surface area contributed by atoms with Crippen molar-refractivity contribution < 1.29 is 0 Å². The first-order valence-corrected chi connectivity index (χ1v) is 16.2. The Balaban J connectivity index is 1.12. The Labute approximate surface area is 276 Å². The molecule has 0 radical (unpaired) electrons. The SMILES string of the molecule is C1=CC(c2ccccc2)CC=C1c1ccc(N(c2ccccc2)c2ccc(-c3nc4ccccc4cc3-c3ccccc3)cc2)cc1. The van der Waals surface area contributed by atoms with Crippen LogP contribution in [0.15, 0.2) is 188 Å². The molecule has 0 bridgehead atoms. The number of rotatable bonds is 7. The van der Waals surface area contributed by atoms with Crippen molar-refractivity contribution in [2.45, 2.75) is 12.3 Å². The third-order valence-corrected chi connectivity index (χ3v) is 9.01. The molecule has 0 fully saturated rings. The topological polar surface area (TPSA) is 16.1 Å². The van der Waals surface area contributed by atoms with Gasteiger partial charge in [0.1, 0.15) is 0 Å². The summed E-state index contributed by atoms with van der Waals surface area (Å²) in [7, 11) is 0. The Bertz CT molecular complexity index is 2180. The lowest BCUT2D eigenvalue weighted by molar-refractivity contribution is 0.856. The van der Waals surface area contributed by atoms with E-state index in [4.69, 9.17) is 4.98 Å². The van der Waals surface area contributed by atoms with Gasteiger partial charge in [-0.1, -0.05) is 140 Å². The highest BCUT2D eigenvalue weighted by Gasteiger charge is 2.16. The molecule has 1 aliphatic carbocycles. The highest BCUT2D eigenvalue weighted by atomic mass is 15.1. The molecule has 47 heavy (non-hydrogen) atoms. The molecule has 7 aromatic rings. The van der Waals surface area contributed by atoms with Crippen LogP contribution >= 0.6 is 0 Å². The average molecular weight is 603 g/mol. The number of hydrogen-bond acceptors (Lipinski definition) is 2. The second kappa shape index (κ2) is 12.8. The molecule has 0 aliphatic heterocycles. The van der Waals surface area contributed by atoms with Crippen molar-refractivity contribution in [1.82, 2.24) is 4.98 Å². The number of para-hydroxylation sites is 2. The third kappa shape index (κ3) is 5.90. The molecule has 8 rings (SSSR count). The maximum absolute atomic E-state index is 5.16. The number of benzene rings is 6. The van der Waals surface area contributed by atoms with Crippen molar-refractivity contribution in [3.05, 3.63) is 199 Å². The molecule has 0 N–H and O–H groups in total. The van der Waals surface area contributed by atoms with E-state index in [0.29, 0.717) is 5.92 Å². The number of aromatic nitrogens is 1. The van der Waals surface area contributed by atoms with E-state index in [1.807, 2.05) is 0 Å². The summed E-state index contributed by atoms with van der Waals surface area (Å²) >= 11 is 0. The Hall–Kier alpha value is -5.99. The van der Waals surface area contributed by atoms with Crippen LogP contribution in [0.1, 0.15) is 23.5 Å². The second-order valence-electron chi connectivity index (χ2n) is 12.0. The fourth-order valence-electron chi connectivity index (χ4n) is 6.55. The van der Waals surface area contributed by atoms with Gasteiger partial charge in [-0.25, -0.2) is 4.98 Å². The van der Waals surface area contributed by atoms with Crippen LogP contribution in [0.2, 0.25) is 0 Å². The fourth-order valence-corrected chi connectivity index (χ4v) is 6.55. The molecule has 0 spiro atoms. The van der Waals surface area contributed by atoms with Crippen molar-refractivity contribution in [3.63, 3.8) is 0 Å². The van der Waals surface area contributed by atoms with Crippen molar-refractivity contribution >= 4 is 33.5 Å². The maximum Gasteiger partial charge on any atom is 0.0788 e. The molecule has 1 aromatic heterocycles. The fraction of sp³-hybridized carbons (Fsp3) is 0.0444. The standard InChI is InChI=1S/C45H34N2/c1-4-12-33(13-5-1)34-20-22-35(23-21-34)36-24-28-41(29-25-36)47(40-17-8-3-9-18-40)42-30-26-38(27-31-42)45-43(37-14-6-2-7-15-37)32-39-16-10-11-19-44(39)46-45/h1-20,22-32,34H,21H2. The van der Waals surface area contributed by atoms with E-state index in [1.54, 1.807) is 0 Å². The summed E-state index contributed by atoms with van der Waals surface area (Å²) in [6, 6.07) is 60.2. The second-order valence-corrected chi connectivity index (χ2v) is 12.0. The van der Waals surface area contributed by atoms with Gasteiger partial charge in [0.15, 0.2) is 0 Å². The molecule has 1 atom stereocenters. The van der Waals surface area contributed by atoms with Crippen LogP contribution in [0.5, 0.6) is 0 Å². The largest absolute Gasteiger partial charge is 0.311 e. The third-order valence-electron chi connectivity index (χ3n) is 9.01. The Kier molecular flexibility index (Phi) is 7.75. The minimum atomic E-state index is 0.435. The lowest BCUT2D eigenvalue weighted by Crippen LogP contribution is -2.09. The van der Waals surface area contributed by atoms with E-state index < -0.39 is 0 Å². The Morgan fingerprint density at radius 1 is 0.511 bits per heavy atom. The molecule has 0 amide bonds. The lowest BCUT2D eigenvalue weighted by Gasteiger charge is -2.26. The van der Waals surface area contributed by atoms with Gasteiger partial charge in [0, 0.05) is 39.5 Å². The number of fused-ring (bicyclic) bond motifs is 1. The summed E-state index contributed by atoms with van der Waals surface area (Å²) in [5.41, 5.74) is 12.6. The summed E-state index contributed by atoms with van der Waals surface area (Å²) in [6.45, 7) is 0. The smallest absolute Gasteiger partial charge is 0.0788 e. The van der Waals surface area contributed by atoms with E-state index in [0.717, 1.165) is 56.8 Å². The van der Waals surface area contributed by atoms with Crippen molar-refractivity contribution in [2.24, 2.45) is 0 Å². The summed E-state index contributed by atoms with van der Waals surface area (Å²) in [6.07, 6.45) is 7.99. The van der Waals surface area contributed by atoms with Crippen molar-refractivity contribution in [1.29, 1.82) is 0 Å². The average Bonchev–Trinajstić information content (AvgIpc) is 3.16. The number of nitrogens with zero attached hydrogens (tertiary/aromatic N) is 2. The van der Waals surface area contributed by atoms with Crippen LogP contribution in [0, 0.1) is 0 Å². The molecule has 0 saturated heterocycles. The number of pyridine rings is 1. The predicted molar refractivity (Wildman–Crippen MR) is 198 cm³/mol. The molecule has 1 unspecified atom stereocenters. The number of allylic oxidation sites excluding steroid dienone is 4. The highest BCUT2D eigenvalue weighted by molar-refractivity contribution is 5.92. The van der Waals surface area contributed by atoms with Gasteiger partial charge in [-0.05, 0) is 77.2 Å². The van der Waals surface area contributed by atoms with Crippen LogP contribution in [0.4, 0.5) is 17.1 Å². The first-order chi connectivity index (χ1) is 23.3. The van der Waals surface area contributed by atoms with Crippen LogP contribution in [0.3, 0.4) is 0 Å². The Morgan fingerprint density at radius 2 is 1.09 bits per heavy atom. The molecule has 224 valence electrons. The van der Waals surface area contributed by atoms with E-state index in [1.165, 1.54) is 16.7 Å². The first-order valence-electron chi connectivity index (χ1n) is 16.2. The van der Waals surface area contributed by atoms with Crippen LogP contribution < -0.4 is 4.90 Å². The monoisotopic (exact) mass is 602 g/mol. The summed E-state index contributed by atoms with van der Waals surface area (Å²) < 4.78 is 0. The lowest BCUT2D eigenvalue weighted by atomic mass is 9.88. The molecule has 0 saturated carbocycles. The molecule has 2 heteroatoms. The normalized spacial score (nSPS) is 14.1. The summed E-state index contributed by atoms with van der Waals surface area (Å²) in [5, 5.41) is 1.14. The van der Waals surface area contributed by atoms with Gasteiger partial charge >= 0.3 is 0 Å². The molecule has 1 heterocycles. The molecule has 6 aromatic carbocycles. The zero-order valence-corrected chi connectivity index (χ0v) is 26.1. The van der Waals surface area contributed by atoms with E-state index >= 15 is 0 Å². The van der Waals surface area contributed by atoms with Crippen LogP contribution in [-0.2, 0) is 0 Å². The maximum atomic E-state index is 5.16. The van der Waals surface area contributed by atoms with Crippen LogP contribution in [-0.4, -0.2) is 4.98 Å². The zero-order valence-electron chi connectivity index (χ0n) is 26.1. The summed E-state index contributed by atoms with van der Waals surface area (Å²) in [5.74, 6) is 0.435. The van der Waals surface area contributed by atoms with E-state index in [2.05, 4.69) is 193 Å². The van der Waals surface area contributed by atoms with Crippen molar-refractivity contribution in [3.8, 4) is 22.4 Å². The van der Waals surface area contributed by atoms with Gasteiger partial charge in [-0.2, -0.15) is 0 Å². The van der Waals surface area contributed by atoms with E-state index in [9.17, 15) is 0 Å². The van der Waals surface area contributed by atoms with Crippen LogP contribution in [0.25, 0.3) is 38.9 Å². The van der Waals surface area contributed by atoms with Gasteiger partial charge in [0.05, 0.1) is 11.2 Å². The quantitative estimate of drug-likeness (QED) is 0.180. The molecule has 1 aliphatic rings.